The molecule has 0 spiro atoms. The highest BCUT2D eigenvalue weighted by Crippen LogP contribution is 2.13. The Bertz CT molecular complexity index is 583. The number of amides is 2. The van der Waals surface area contributed by atoms with Gasteiger partial charge in [0.2, 0.25) is 5.91 Å². The largest absolute Gasteiger partial charge is 0.349 e. The minimum absolute atomic E-state index is 0.00910. The van der Waals surface area contributed by atoms with Crippen molar-refractivity contribution in [1.82, 2.24) is 15.1 Å². The number of rotatable bonds is 8. The molecule has 150 valence electrons. The van der Waals surface area contributed by atoms with Crippen LogP contribution in [0.2, 0.25) is 0 Å². The molecule has 5 nitrogen and oxygen atoms in total. The summed E-state index contributed by atoms with van der Waals surface area (Å²) in [6, 6.07) is 9.52. The van der Waals surface area contributed by atoms with Crippen molar-refractivity contribution in [3.63, 3.8) is 0 Å². The molecule has 2 amide bonds. The van der Waals surface area contributed by atoms with E-state index in [2.05, 4.69) is 37.9 Å². The summed E-state index contributed by atoms with van der Waals surface area (Å²) in [7, 11) is 0. The van der Waals surface area contributed by atoms with Gasteiger partial charge in [-0.3, -0.25) is 14.5 Å². The van der Waals surface area contributed by atoms with Gasteiger partial charge in [-0.25, -0.2) is 0 Å². The number of carbonyl (C=O) groups excluding carboxylic acids is 2. The topological polar surface area (TPSA) is 52.7 Å². The van der Waals surface area contributed by atoms with Crippen LogP contribution in [0.4, 0.5) is 0 Å². The molecule has 1 aliphatic heterocycles. The van der Waals surface area contributed by atoms with E-state index in [1.807, 2.05) is 35.2 Å². The number of benzene rings is 1. The maximum atomic E-state index is 12.7. The van der Waals surface area contributed by atoms with E-state index in [1.54, 1.807) is 0 Å². The average Bonchev–Trinajstić information content (AvgIpc) is 2.62. The number of piperidine rings is 1. The van der Waals surface area contributed by atoms with Crippen molar-refractivity contribution < 1.29 is 9.59 Å². The molecule has 1 saturated heterocycles. The highest BCUT2D eigenvalue weighted by atomic mass is 16.2. The summed E-state index contributed by atoms with van der Waals surface area (Å²) in [5.74, 6) is 1.17. The van der Waals surface area contributed by atoms with Crippen LogP contribution in [0, 0.1) is 11.8 Å². The molecule has 5 heteroatoms. The maximum absolute atomic E-state index is 12.7. The van der Waals surface area contributed by atoms with Gasteiger partial charge in [0.05, 0.1) is 6.54 Å². The van der Waals surface area contributed by atoms with Crippen LogP contribution in [0.25, 0.3) is 0 Å². The van der Waals surface area contributed by atoms with E-state index in [4.69, 9.17) is 0 Å². The van der Waals surface area contributed by atoms with Gasteiger partial charge in [-0.2, -0.15) is 0 Å². The lowest BCUT2D eigenvalue weighted by Gasteiger charge is -2.34. The van der Waals surface area contributed by atoms with E-state index >= 15 is 0 Å². The van der Waals surface area contributed by atoms with Crippen molar-refractivity contribution in [1.29, 1.82) is 0 Å². The van der Waals surface area contributed by atoms with Crippen LogP contribution in [0.3, 0.4) is 0 Å². The number of nitrogens with one attached hydrogen (secondary N) is 1. The zero-order valence-corrected chi connectivity index (χ0v) is 17.3. The number of hydrogen-bond acceptors (Lipinski definition) is 3. The minimum atomic E-state index is -0.00910. The van der Waals surface area contributed by atoms with Crippen molar-refractivity contribution in [3.05, 3.63) is 35.9 Å². The van der Waals surface area contributed by atoms with Crippen LogP contribution in [0.15, 0.2) is 30.3 Å². The van der Waals surface area contributed by atoms with Crippen LogP contribution in [-0.4, -0.2) is 60.4 Å². The van der Waals surface area contributed by atoms with Crippen molar-refractivity contribution >= 4 is 11.8 Å². The van der Waals surface area contributed by atoms with E-state index in [-0.39, 0.29) is 17.9 Å². The summed E-state index contributed by atoms with van der Waals surface area (Å²) >= 11 is 0. The molecule has 1 fully saturated rings. The number of carbonyl (C=O) groups is 2. The van der Waals surface area contributed by atoms with Crippen molar-refractivity contribution in [3.8, 4) is 0 Å². The Morgan fingerprint density at radius 2 is 1.59 bits per heavy atom. The van der Waals surface area contributed by atoms with E-state index < -0.39 is 0 Å². The first-order chi connectivity index (χ1) is 12.8. The first kappa shape index (κ1) is 21.4. The molecule has 0 bridgehead atoms. The first-order valence-corrected chi connectivity index (χ1v) is 10.2. The molecule has 27 heavy (non-hydrogen) atoms. The van der Waals surface area contributed by atoms with Gasteiger partial charge in [0.1, 0.15) is 0 Å². The SMILES string of the molecule is CC(C)CN(CC(C)C)C(=O)CN1CCC(NC(=O)c2ccccc2)CC1. The predicted octanol–water partition coefficient (Wildman–Crippen LogP) is 3.02. The summed E-state index contributed by atoms with van der Waals surface area (Å²) in [5, 5.41) is 3.12. The Morgan fingerprint density at radius 3 is 2.11 bits per heavy atom. The lowest BCUT2D eigenvalue weighted by Crippen LogP contribution is -2.49. The molecule has 0 atom stereocenters. The molecule has 2 rings (SSSR count). The first-order valence-electron chi connectivity index (χ1n) is 10.2. The van der Waals surface area contributed by atoms with E-state index in [1.165, 1.54) is 0 Å². The van der Waals surface area contributed by atoms with Gasteiger partial charge < -0.3 is 10.2 Å². The highest BCUT2D eigenvalue weighted by Gasteiger charge is 2.24. The third-order valence-electron chi connectivity index (χ3n) is 4.84. The van der Waals surface area contributed by atoms with Crippen molar-refractivity contribution in [2.45, 2.75) is 46.6 Å². The molecule has 0 radical (unpaired) electrons. The van der Waals surface area contributed by atoms with Crippen molar-refractivity contribution in [2.75, 3.05) is 32.7 Å². The highest BCUT2D eigenvalue weighted by molar-refractivity contribution is 5.94. The summed E-state index contributed by atoms with van der Waals surface area (Å²) < 4.78 is 0. The monoisotopic (exact) mass is 373 g/mol. The summed E-state index contributed by atoms with van der Waals surface area (Å²) in [4.78, 5) is 29.3. The summed E-state index contributed by atoms with van der Waals surface area (Å²) in [6.07, 6.45) is 1.78. The molecule has 1 aromatic carbocycles. The summed E-state index contributed by atoms with van der Waals surface area (Å²) in [5.41, 5.74) is 0.702. The quantitative estimate of drug-likeness (QED) is 0.762. The lowest BCUT2D eigenvalue weighted by atomic mass is 10.0. The zero-order valence-electron chi connectivity index (χ0n) is 17.3. The van der Waals surface area contributed by atoms with Crippen LogP contribution >= 0.6 is 0 Å². The van der Waals surface area contributed by atoms with Gasteiger partial charge in [-0.15, -0.1) is 0 Å². The minimum Gasteiger partial charge on any atom is -0.349 e. The van der Waals surface area contributed by atoms with Crippen molar-refractivity contribution in [2.24, 2.45) is 11.8 Å². The summed E-state index contributed by atoms with van der Waals surface area (Å²) in [6.45, 7) is 12.4. The van der Waals surface area contributed by atoms with Crippen LogP contribution in [0.1, 0.15) is 50.9 Å². The van der Waals surface area contributed by atoms with Crippen LogP contribution < -0.4 is 5.32 Å². The van der Waals surface area contributed by atoms with E-state index in [9.17, 15) is 9.59 Å². The third-order valence-corrected chi connectivity index (χ3v) is 4.84. The second kappa shape index (κ2) is 10.5. The molecular weight excluding hydrogens is 338 g/mol. The molecule has 1 heterocycles. The van der Waals surface area contributed by atoms with Crippen LogP contribution in [-0.2, 0) is 4.79 Å². The van der Waals surface area contributed by atoms with E-state index in [0.717, 1.165) is 39.0 Å². The van der Waals surface area contributed by atoms with Gasteiger partial charge >= 0.3 is 0 Å². The smallest absolute Gasteiger partial charge is 0.251 e. The fourth-order valence-corrected chi connectivity index (χ4v) is 3.54. The number of hydrogen-bond donors (Lipinski definition) is 1. The number of nitrogens with zero attached hydrogens (tertiary/aromatic N) is 2. The van der Waals surface area contributed by atoms with Crippen LogP contribution in [0.5, 0.6) is 0 Å². The maximum Gasteiger partial charge on any atom is 0.251 e. The van der Waals surface area contributed by atoms with Gasteiger partial charge in [0.25, 0.3) is 5.91 Å². The Balaban J connectivity index is 1.79. The number of likely N-dealkylation sites (tertiary alicyclic amines) is 1. The molecule has 0 saturated carbocycles. The molecular formula is C22H35N3O2. The Hall–Kier alpha value is -1.88. The molecule has 0 aromatic heterocycles. The molecule has 1 aromatic rings. The fraction of sp³-hybridized carbons (Fsp3) is 0.636. The Morgan fingerprint density at radius 1 is 1.04 bits per heavy atom. The standard InChI is InChI=1S/C22H35N3O2/c1-17(2)14-25(15-18(3)4)21(26)16-24-12-10-20(11-13-24)23-22(27)19-8-6-5-7-9-19/h5-9,17-18,20H,10-16H2,1-4H3,(H,23,27). The Kier molecular flexibility index (Phi) is 8.29. The average molecular weight is 374 g/mol. The van der Waals surface area contributed by atoms with Gasteiger partial charge in [0.15, 0.2) is 0 Å². The predicted molar refractivity (Wildman–Crippen MR) is 110 cm³/mol. The zero-order chi connectivity index (χ0) is 19.8. The second-order valence-electron chi connectivity index (χ2n) is 8.48. The van der Waals surface area contributed by atoms with Gasteiger partial charge in [-0.1, -0.05) is 45.9 Å². The fourth-order valence-electron chi connectivity index (χ4n) is 3.54. The Labute approximate surface area is 164 Å². The molecule has 0 unspecified atom stereocenters. The van der Waals surface area contributed by atoms with E-state index in [0.29, 0.717) is 23.9 Å². The van der Waals surface area contributed by atoms with Gasteiger partial charge in [0, 0.05) is 37.8 Å². The molecule has 1 aliphatic rings. The van der Waals surface area contributed by atoms with Gasteiger partial charge in [-0.05, 0) is 36.8 Å². The second-order valence-corrected chi connectivity index (χ2v) is 8.48. The lowest BCUT2D eigenvalue weighted by molar-refractivity contribution is -0.133. The third kappa shape index (κ3) is 7.33. The molecule has 0 aliphatic carbocycles. The normalized spacial score (nSPS) is 15.9. The molecule has 1 N–H and O–H groups in total.